The van der Waals surface area contributed by atoms with Gasteiger partial charge in [0.2, 0.25) is 0 Å². The molecule has 1 heterocycles. The molecule has 5 nitrogen and oxygen atoms in total. The minimum atomic E-state index is -0.489. The molecular weight excluding hydrogens is 254 g/mol. The summed E-state index contributed by atoms with van der Waals surface area (Å²) in [6.07, 6.45) is 3.34. The molecule has 1 aromatic heterocycles. The molecule has 1 atom stereocenters. The molecule has 0 bridgehead atoms. The van der Waals surface area contributed by atoms with Crippen LogP contribution in [0.2, 0.25) is 0 Å². The minimum absolute atomic E-state index is 0.0574. The molecule has 2 rings (SSSR count). The maximum atomic E-state index is 11.8. The lowest BCUT2D eigenvalue weighted by Gasteiger charge is -2.14. The van der Waals surface area contributed by atoms with Crippen molar-refractivity contribution >= 4 is 5.91 Å². The molecular formula is C15H23N3O2. The van der Waals surface area contributed by atoms with Gasteiger partial charge in [-0.2, -0.15) is 0 Å². The molecule has 0 aromatic carbocycles. The second-order valence-electron chi connectivity index (χ2n) is 5.56. The van der Waals surface area contributed by atoms with Gasteiger partial charge in [-0.05, 0) is 31.9 Å². The zero-order chi connectivity index (χ0) is 14.5. The normalized spacial score (nSPS) is 16.0. The zero-order valence-corrected chi connectivity index (χ0v) is 12.3. The van der Waals surface area contributed by atoms with Crippen molar-refractivity contribution in [2.45, 2.75) is 58.3 Å². The van der Waals surface area contributed by atoms with Crippen LogP contribution in [0.4, 0.5) is 0 Å². The van der Waals surface area contributed by atoms with Crippen LogP contribution < -0.4 is 15.4 Å². The lowest BCUT2D eigenvalue weighted by molar-refractivity contribution is -0.127. The van der Waals surface area contributed by atoms with Gasteiger partial charge in [0, 0.05) is 18.6 Å². The highest BCUT2D eigenvalue weighted by Crippen LogP contribution is 2.19. The van der Waals surface area contributed by atoms with Gasteiger partial charge in [-0.3, -0.25) is 9.78 Å². The van der Waals surface area contributed by atoms with Gasteiger partial charge in [0.25, 0.3) is 5.91 Å². The smallest absolute Gasteiger partial charge is 0.260 e. The first-order valence-corrected chi connectivity index (χ1v) is 7.20. The van der Waals surface area contributed by atoms with Gasteiger partial charge >= 0.3 is 0 Å². The molecule has 1 aliphatic rings. The first-order chi connectivity index (χ1) is 9.54. The molecule has 1 saturated carbocycles. The van der Waals surface area contributed by atoms with E-state index in [0.717, 1.165) is 25.1 Å². The fraction of sp³-hybridized carbons (Fsp3) is 0.600. The van der Waals surface area contributed by atoms with Crippen molar-refractivity contribution in [2.75, 3.05) is 0 Å². The van der Waals surface area contributed by atoms with Gasteiger partial charge < -0.3 is 15.4 Å². The standard InChI is InChI=1S/C15H23N3O2/c1-10(2)16-8-13-6-7-14(9-17-13)20-11(3)15(19)18-12-4-5-12/h6-7,9-12,16H,4-5,8H2,1-3H3,(H,18,19). The number of hydrogen-bond acceptors (Lipinski definition) is 4. The van der Waals surface area contributed by atoms with E-state index in [1.807, 2.05) is 12.1 Å². The zero-order valence-electron chi connectivity index (χ0n) is 12.3. The van der Waals surface area contributed by atoms with Crippen molar-refractivity contribution < 1.29 is 9.53 Å². The summed E-state index contributed by atoms with van der Waals surface area (Å²) in [4.78, 5) is 16.1. The third-order valence-corrected chi connectivity index (χ3v) is 3.09. The van der Waals surface area contributed by atoms with Gasteiger partial charge in [0.1, 0.15) is 5.75 Å². The molecule has 1 fully saturated rings. The highest BCUT2D eigenvalue weighted by Gasteiger charge is 2.26. The predicted octanol–water partition coefficient (Wildman–Crippen LogP) is 1.63. The molecule has 1 unspecified atom stereocenters. The van der Waals surface area contributed by atoms with Crippen LogP contribution in [0.15, 0.2) is 18.3 Å². The number of rotatable bonds is 7. The summed E-state index contributed by atoms with van der Waals surface area (Å²) in [7, 11) is 0. The number of nitrogens with zero attached hydrogens (tertiary/aromatic N) is 1. The van der Waals surface area contributed by atoms with Gasteiger partial charge in [0.05, 0.1) is 11.9 Å². The molecule has 1 aromatic rings. The average molecular weight is 277 g/mol. The van der Waals surface area contributed by atoms with Gasteiger partial charge in [0.15, 0.2) is 6.10 Å². The summed E-state index contributed by atoms with van der Waals surface area (Å²) in [6, 6.07) is 4.55. The van der Waals surface area contributed by atoms with Crippen LogP contribution in [0.1, 0.15) is 39.3 Å². The van der Waals surface area contributed by atoms with Crippen LogP contribution in [0, 0.1) is 0 Å². The van der Waals surface area contributed by atoms with Gasteiger partial charge in [-0.15, -0.1) is 0 Å². The molecule has 5 heteroatoms. The number of hydrogen-bond donors (Lipinski definition) is 2. The number of nitrogens with one attached hydrogen (secondary N) is 2. The quantitative estimate of drug-likeness (QED) is 0.795. The van der Waals surface area contributed by atoms with Crippen LogP contribution in [0.25, 0.3) is 0 Å². The summed E-state index contributed by atoms with van der Waals surface area (Å²) in [5.74, 6) is 0.565. The number of aromatic nitrogens is 1. The Bertz CT molecular complexity index is 441. The fourth-order valence-electron chi connectivity index (χ4n) is 1.70. The number of carbonyl (C=O) groups excluding carboxylic acids is 1. The summed E-state index contributed by atoms with van der Waals surface area (Å²) < 4.78 is 5.59. The Hall–Kier alpha value is -1.62. The van der Waals surface area contributed by atoms with E-state index in [-0.39, 0.29) is 5.91 Å². The lowest BCUT2D eigenvalue weighted by atomic mass is 10.3. The molecule has 0 spiro atoms. The molecule has 1 amide bonds. The highest BCUT2D eigenvalue weighted by molar-refractivity contribution is 5.81. The fourth-order valence-corrected chi connectivity index (χ4v) is 1.70. The summed E-state index contributed by atoms with van der Waals surface area (Å²) in [5, 5.41) is 6.22. The third kappa shape index (κ3) is 4.81. The third-order valence-electron chi connectivity index (χ3n) is 3.09. The molecule has 0 saturated heterocycles. The number of carbonyl (C=O) groups is 1. The summed E-state index contributed by atoms with van der Waals surface area (Å²) in [5.41, 5.74) is 0.959. The molecule has 20 heavy (non-hydrogen) atoms. The minimum Gasteiger partial charge on any atom is -0.479 e. The van der Waals surface area contributed by atoms with Crippen molar-refractivity contribution in [3.63, 3.8) is 0 Å². The van der Waals surface area contributed by atoms with E-state index in [9.17, 15) is 4.79 Å². The number of amides is 1. The van der Waals surface area contributed by atoms with Crippen LogP contribution in [-0.2, 0) is 11.3 Å². The topological polar surface area (TPSA) is 63.2 Å². The van der Waals surface area contributed by atoms with Crippen molar-refractivity contribution in [3.05, 3.63) is 24.0 Å². The predicted molar refractivity (Wildman–Crippen MR) is 77.5 cm³/mol. The Kier molecular flexibility index (Phi) is 4.95. The van der Waals surface area contributed by atoms with E-state index in [1.54, 1.807) is 13.1 Å². The molecule has 1 aliphatic carbocycles. The largest absolute Gasteiger partial charge is 0.479 e. The highest BCUT2D eigenvalue weighted by atomic mass is 16.5. The second-order valence-corrected chi connectivity index (χ2v) is 5.56. The number of pyridine rings is 1. The molecule has 0 radical (unpaired) electrons. The lowest BCUT2D eigenvalue weighted by Crippen LogP contribution is -2.37. The van der Waals surface area contributed by atoms with Crippen LogP contribution in [0.5, 0.6) is 5.75 Å². The van der Waals surface area contributed by atoms with Crippen LogP contribution in [0.3, 0.4) is 0 Å². The Balaban J connectivity index is 1.81. The van der Waals surface area contributed by atoms with Gasteiger partial charge in [-0.25, -0.2) is 0 Å². The van der Waals surface area contributed by atoms with Crippen LogP contribution >= 0.6 is 0 Å². The van der Waals surface area contributed by atoms with E-state index < -0.39 is 6.10 Å². The summed E-state index contributed by atoms with van der Waals surface area (Å²) in [6.45, 7) is 6.68. The van der Waals surface area contributed by atoms with Crippen molar-refractivity contribution in [1.82, 2.24) is 15.6 Å². The molecule has 0 aliphatic heterocycles. The average Bonchev–Trinajstić information content (AvgIpc) is 3.21. The SMILES string of the molecule is CC(C)NCc1ccc(OC(C)C(=O)NC2CC2)cn1. The first kappa shape index (κ1) is 14.8. The van der Waals surface area contributed by atoms with E-state index in [2.05, 4.69) is 29.5 Å². The monoisotopic (exact) mass is 277 g/mol. The first-order valence-electron chi connectivity index (χ1n) is 7.20. The van der Waals surface area contributed by atoms with E-state index in [0.29, 0.717) is 17.8 Å². The Labute approximate surface area is 120 Å². The number of ether oxygens (including phenoxy) is 1. The van der Waals surface area contributed by atoms with E-state index >= 15 is 0 Å². The molecule has 2 N–H and O–H groups in total. The Morgan fingerprint density at radius 2 is 2.15 bits per heavy atom. The van der Waals surface area contributed by atoms with Crippen molar-refractivity contribution in [3.8, 4) is 5.75 Å². The van der Waals surface area contributed by atoms with Crippen molar-refractivity contribution in [1.29, 1.82) is 0 Å². The van der Waals surface area contributed by atoms with Crippen molar-refractivity contribution in [2.24, 2.45) is 0 Å². The Morgan fingerprint density at radius 3 is 2.70 bits per heavy atom. The summed E-state index contributed by atoms with van der Waals surface area (Å²) >= 11 is 0. The van der Waals surface area contributed by atoms with Crippen LogP contribution in [-0.4, -0.2) is 29.1 Å². The second kappa shape index (κ2) is 6.70. The Morgan fingerprint density at radius 1 is 1.40 bits per heavy atom. The maximum absolute atomic E-state index is 11.8. The van der Waals surface area contributed by atoms with E-state index in [1.165, 1.54) is 0 Å². The van der Waals surface area contributed by atoms with Gasteiger partial charge in [-0.1, -0.05) is 13.8 Å². The molecule has 110 valence electrons. The van der Waals surface area contributed by atoms with E-state index in [4.69, 9.17) is 4.74 Å². The maximum Gasteiger partial charge on any atom is 0.260 e.